The minimum atomic E-state index is -0.250. The minimum absolute atomic E-state index is 0.250. The Morgan fingerprint density at radius 1 is 1.33 bits per heavy atom. The van der Waals surface area contributed by atoms with E-state index in [1.165, 1.54) is 12.4 Å². The molecule has 0 aliphatic carbocycles. The summed E-state index contributed by atoms with van der Waals surface area (Å²) in [6.07, 6.45) is 1.29. The Labute approximate surface area is 118 Å². The van der Waals surface area contributed by atoms with Crippen LogP contribution in [-0.2, 0) is 0 Å². The molecule has 0 bridgehead atoms. The summed E-state index contributed by atoms with van der Waals surface area (Å²) in [4.78, 5) is 19.7. The summed E-state index contributed by atoms with van der Waals surface area (Å²) in [6, 6.07) is 7.03. The van der Waals surface area contributed by atoms with Crippen molar-refractivity contribution in [3.63, 3.8) is 0 Å². The highest BCUT2D eigenvalue weighted by Crippen LogP contribution is 2.19. The van der Waals surface area contributed by atoms with E-state index in [0.717, 1.165) is 10.0 Å². The number of carbonyl (C=O) groups is 1. The Hall–Kier alpha value is -1.46. The van der Waals surface area contributed by atoms with Crippen LogP contribution in [0.15, 0.2) is 35.1 Å². The SMILES string of the molecule is Cc1ccc(Br)c(C(=O)Nc2cc(Cl)ncn2)c1. The number of aryl methyl sites for hydroxylation is 1. The van der Waals surface area contributed by atoms with Gasteiger partial charge in [-0.2, -0.15) is 0 Å². The van der Waals surface area contributed by atoms with Crippen molar-refractivity contribution >= 4 is 39.3 Å². The first-order valence-corrected chi connectivity index (χ1v) is 6.28. The van der Waals surface area contributed by atoms with E-state index in [1.807, 2.05) is 19.1 Å². The zero-order valence-electron chi connectivity index (χ0n) is 9.45. The van der Waals surface area contributed by atoms with E-state index in [0.29, 0.717) is 11.4 Å². The van der Waals surface area contributed by atoms with Gasteiger partial charge in [0.25, 0.3) is 5.91 Å². The third-order valence-corrected chi connectivity index (χ3v) is 3.14. The predicted octanol–water partition coefficient (Wildman–Crippen LogP) is 3.45. The van der Waals surface area contributed by atoms with Crippen molar-refractivity contribution in [2.45, 2.75) is 6.92 Å². The second-order valence-corrected chi connectivity index (χ2v) is 4.90. The van der Waals surface area contributed by atoms with Crippen LogP contribution in [0.2, 0.25) is 5.15 Å². The number of nitrogens with zero attached hydrogens (tertiary/aromatic N) is 2. The Balaban J connectivity index is 2.24. The quantitative estimate of drug-likeness (QED) is 0.860. The van der Waals surface area contributed by atoms with Crippen LogP contribution >= 0.6 is 27.5 Å². The van der Waals surface area contributed by atoms with Crippen LogP contribution in [0.5, 0.6) is 0 Å². The zero-order chi connectivity index (χ0) is 13.1. The number of halogens is 2. The lowest BCUT2D eigenvalue weighted by molar-refractivity contribution is 0.102. The van der Waals surface area contributed by atoms with Crippen molar-refractivity contribution in [3.8, 4) is 0 Å². The number of amides is 1. The van der Waals surface area contributed by atoms with Gasteiger partial charge in [0.1, 0.15) is 17.3 Å². The Morgan fingerprint density at radius 2 is 2.11 bits per heavy atom. The Kier molecular flexibility index (Phi) is 3.93. The van der Waals surface area contributed by atoms with Gasteiger partial charge < -0.3 is 5.32 Å². The molecule has 0 atom stereocenters. The number of hydrogen-bond donors (Lipinski definition) is 1. The maximum Gasteiger partial charge on any atom is 0.257 e. The van der Waals surface area contributed by atoms with E-state index < -0.39 is 0 Å². The second-order valence-electron chi connectivity index (χ2n) is 3.66. The van der Waals surface area contributed by atoms with Crippen LogP contribution in [0.3, 0.4) is 0 Å². The average Bonchev–Trinajstić information content (AvgIpc) is 2.32. The molecule has 2 aromatic rings. The van der Waals surface area contributed by atoms with Gasteiger partial charge in [0, 0.05) is 10.5 Å². The van der Waals surface area contributed by atoms with Crippen LogP contribution in [0.4, 0.5) is 5.82 Å². The maximum atomic E-state index is 12.1. The molecular weight excluding hydrogens is 318 g/mol. The number of anilines is 1. The van der Waals surface area contributed by atoms with Crippen molar-refractivity contribution < 1.29 is 4.79 Å². The van der Waals surface area contributed by atoms with Crippen LogP contribution in [0.1, 0.15) is 15.9 Å². The summed E-state index contributed by atoms with van der Waals surface area (Å²) in [5, 5.41) is 2.94. The van der Waals surface area contributed by atoms with Gasteiger partial charge in [-0.3, -0.25) is 4.79 Å². The third kappa shape index (κ3) is 3.05. The highest BCUT2D eigenvalue weighted by atomic mass is 79.9. The summed E-state index contributed by atoms with van der Waals surface area (Å²) in [5.74, 6) is 0.119. The van der Waals surface area contributed by atoms with Crippen LogP contribution in [-0.4, -0.2) is 15.9 Å². The van der Waals surface area contributed by atoms with Crippen molar-refractivity contribution in [2.24, 2.45) is 0 Å². The van der Waals surface area contributed by atoms with Gasteiger partial charge in [-0.15, -0.1) is 0 Å². The van der Waals surface area contributed by atoms with E-state index in [9.17, 15) is 4.79 Å². The van der Waals surface area contributed by atoms with Gasteiger partial charge in [0.2, 0.25) is 0 Å². The summed E-state index contributed by atoms with van der Waals surface area (Å²) in [7, 11) is 0. The zero-order valence-corrected chi connectivity index (χ0v) is 11.8. The molecule has 0 unspecified atom stereocenters. The van der Waals surface area contributed by atoms with E-state index in [-0.39, 0.29) is 11.1 Å². The predicted molar refractivity (Wildman–Crippen MR) is 73.9 cm³/mol. The normalized spacial score (nSPS) is 10.2. The molecule has 18 heavy (non-hydrogen) atoms. The molecule has 2 rings (SSSR count). The number of carbonyl (C=O) groups excluding carboxylic acids is 1. The van der Waals surface area contributed by atoms with Crippen LogP contribution < -0.4 is 5.32 Å². The van der Waals surface area contributed by atoms with Gasteiger partial charge in [-0.05, 0) is 35.0 Å². The molecule has 0 fully saturated rings. The van der Waals surface area contributed by atoms with E-state index in [1.54, 1.807) is 6.07 Å². The summed E-state index contributed by atoms with van der Waals surface area (Å²) in [6.45, 7) is 1.92. The topological polar surface area (TPSA) is 54.9 Å². The van der Waals surface area contributed by atoms with Gasteiger partial charge in [0.15, 0.2) is 0 Å². The fourth-order valence-corrected chi connectivity index (χ4v) is 1.97. The first-order chi connectivity index (χ1) is 8.56. The molecule has 6 heteroatoms. The van der Waals surface area contributed by atoms with Crippen molar-refractivity contribution in [1.82, 2.24) is 9.97 Å². The first-order valence-electron chi connectivity index (χ1n) is 5.11. The third-order valence-electron chi connectivity index (χ3n) is 2.24. The Morgan fingerprint density at radius 3 is 2.83 bits per heavy atom. The Bertz CT molecular complexity index is 604. The monoisotopic (exact) mass is 325 g/mol. The van der Waals surface area contributed by atoms with Gasteiger partial charge in [-0.25, -0.2) is 9.97 Å². The van der Waals surface area contributed by atoms with Crippen molar-refractivity contribution in [1.29, 1.82) is 0 Å². The maximum absolute atomic E-state index is 12.1. The fourth-order valence-electron chi connectivity index (χ4n) is 1.40. The van der Waals surface area contributed by atoms with Crippen LogP contribution in [0, 0.1) is 6.92 Å². The number of nitrogens with one attached hydrogen (secondary N) is 1. The van der Waals surface area contributed by atoms with Gasteiger partial charge >= 0.3 is 0 Å². The number of aromatic nitrogens is 2. The molecule has 1 amide bonds. The molecule has 0 spiro atoms. The summed E-state index contributed by atoms with van der Waals surface area (Å²) < 4.78 is 0.728. The largest absolute Gasteiger partial charge is 0.306 e. The number of hydrogen-bond acceptors (Lipinski definition) is 3. The molecule has 1 aromatic carbocycles. The highest BCUT2D eigenvalue weighted by molar-refractivity contribution is 9.10. The molecule has 1 aromatic heterocycles. The van der Waals surface area contributed by atoms with Crippen molar-refractivity contribution in [2.75, 3.05) is 5.32 Å². The smallest absolute Gasteiger partial charge is 0.257 e. The van der Waals surface area contributed by atoms with Gasteiger partial charge in [-0.1, -0.05) is 23.2 Å². The number of rotatable bonds is 2. The highest BCUT2D eigenvalue weighted by Gasteiger charge is 2.11. The number of benzene rings is 1. The van der Waals surface area contributed by atoms with Crippen LogP contribution in [0.25, 0.3) is 0 Å². The minimum Gasteiger partial charge on any atom is -0.306 e. The molecule has 0 saturated carbocycles. The fraction of sp³-hybridized carbons (Fsp3) is 0.0833. The lowest BCUT2D eigenvalue weighted by Crippen LogP contribution is -2.13. The molecule has 0 aliphatic heterocycles. The lowest BCUT2D eigenvalue weighted by atomic mass is 10.1. The standard InChI is InChI=1S/C12H9BrClN3O/c1-7-2-3-9(13)8(4-7)12(18)17-11-5-10(14)15-6-16-11/h2-6H,1H3,(H,15,16,17,18). The lowest BCUT2D eigenvalue weighted by Gasteiger charge is -2.07. The molecule has 1 N–H and O–H groups in total. The summed E-state index contributed by atoms with van der Waals surface area (Å²) >= 11 is 9.06. The average molecular weight is 327 g/mol. The molecule has 0 aliphatic rings. The van der Waals surface area contributed by atoms with E-state index >= 15 is 0 Å². The second kappa shape index (κ2) is 5.46. The molecule has 4 nitrogen and oxygen atoms in total. The van der Waals surface area contributed by atoms with Gasteiger partial charge in [0.05, 0.1) is 5.56 Å². The molecule has 92 valence electrons. The first kappa shape index (κ1) is 13.0. The van der Waals surface area contributed by atoms with E-state index in [4.69, 9.17) is 11.6 Å². The van der Waals surface area contributed by atoms with Crippen molar-refractivity contribution in [3.05, 3.63) is 51.3 Å². The molecule has 0 saturated heterocycles. The van der Waals surface area contributed by atoms with E-state index in [2.05, 4.69) is 31.2 Å². The molecule has 0 radical (unpaired) electrons. The summed E-state index contributed by atoms with van der Waals surface area (Å²) in [5.41, 5.74) is 1.55. The molecular formula is C12H9BrClN3O. The molecule has 1 heterocycles.